The predicted octanol–water partition coefficient (Wildman–Crippen LogP) is 4.90. The zero-order valence-corrected chi connectivity index (χ0v) is 17.0. The van der Waals surface area contributed by atoms with Crippen LogP contribution in [-0.2, 0) is 6.54 Å². The molecule has 1 aromatic carbocycles. The maximum absolute atomic E-state index is 14.3. The van der Waals surface area contributed by atoms with Gasteiger partial charge >= 0.3 is 6.09 Å². The van der Waals surface area contributed by atoms with E-state index in [-0.39, 0.29) is 11.6 Å². The predicted molar refractivity (Wildman–Crippen MR) is 118 cm³/mol. The van der Waals surface area contributed by atoms with E-state index in [1.807, 2.05) is 29.8 Å². The number of fused-ring (bicyclic) bond motifs is 1. The highest BCUT2D eigenvalue weighted by Gasteiger charge is 2.13. The lowest BCUT2D eigenvalue weighted by molar-refractivity contribution is 0.209. The first-order valence-corrected chi connectivity index (χ1v) is 9.86. The molecular weight excluding hydrogens is 430 g/mol. The van der Waals surface area contributed by atoms with Crippen molar-refractivity contribution in [3.8, 4) is 22.3 Å². The number of halogens is 2. The van der Waals surface area contributed by atoms with Crippen molar-refractivity contribution < 1.29 is 18.7 Å². The number of benzene rings is 1. The summed E-state index contributed by atoms with van der Waals surface area (Å²) in [5.74, 6) is -1.45. The first-order chi connectivity index (χ1) is 16.0. The van der Waals surface area contributed by atoms with Crippen LogP contribution >= 0.6 is 0 Å². The normalized spacial score (nSPS) is 11.1. The number of anilines is 1. The van der Waals surface area contributed by atoms with E-state index in [2.05, 4.69) is 20.1 Å². The van der Waals surface area contributed by atoms with Crippen LogP contribution < -0.4 is 5.32 Å². The Kier molecular flexibility index (Phi) is 5.02. The van der Waals surface area contributed by atoms with Crippen molar-refractivity contribution in [2.45, 2.75) is 6.54 Å². The van der Waals surface area contributed by atoms with Crippen LogP contribution in [0.15, 0.2) is 67.4 Å². The molecule has 0 radical (unpaired) electrons. The van der Waals surface area contributed by atoms with Gasteiger partial charge < -0.3 is 10.1 Å². The van der Waals surface area contributed by atoms with Crippen molar-refractivity contribution in [3.05, 3.63) is 84.6 Å². The van der Waals surface area contributed by atoms with E-state index in [4.69, 9.17) is 5.11 Å². The van der Waals surface area contributed by atoms with Gasteiger partial charge in [0.05, 0.1) is 12.7 Å². The fraction of sp³-hybridized carbons (Fsp3) is 0.0435. The fourth-order valence-corrected chi connectivity index (χ4v) is 3.60. The molecule has 1 amide bonds. The van der Waals surface area contributed by atoms with Crippen LogP contribution in [0.1, 0.15) is 5.56 Å². The van der Waals surface area contributed by atoms with E-state index in [0.717, 1.165) is 22.1 Å². The zero-order valence-electron chi connectivity index (χ0n) is 17.0. The van der Waals surface area contributed by atoms with Crippen LogP contribution in [-0.4, -0.2) is 35.9 Å². The second-order valence-corrected chi connectivity index (χ2v) is 7.36. The number of nitrogens with zero attached hydrogens (tertiary/aromatic N) is 4. The Balaban J connectivity index is 1.46. The van der Waals surface area contributed by atoms with Gasteiger partial charge in [-0.15, -0.1) is 0 Å². The van der Waals surface area contributed by atoms with E-state index in [9.17, 15) is 13.6 Å². The van der Waals surface area contributed by atoms with Crippen LogP contribution in [0.25, 0.3) is 33.3 Å². The number of hydrogen-bond acceptors (Lipinski definition) is 4. The molecule has 0 saturated heterocycles. The number of carbonyl (C=O) groups is 1. The second kappa shape index (κ2) is 8.15. The average molecular weight is 446 g/mol. The molecule has 8 nitrogen and oxygen atoms in total. The summed E-state index contributed by atoms with van der Waals surface area (Å²) in [6, 6.07) is 9.39. The van der Waals surface area contributed by atoms with Gasteiger partial charge in [-0.25, -0.2) is 23.5 Å². The summed E-state index contributed by atoms with van der Waals surface area (Å²) in [4.78, 5) is 22.1. The third-order valence-electron chi connectivity index (χ3n) is 5.11. The molecule has 0 aliphatic heterocycles. The first-order valence-electron chi connectivity index (χ1n) is 9.86. The van der Waals surface area contributed by atoms with Gasteiger partial charge in [0.2, 0.25) is 0 Å². The Morgan fingerprint density at radius 2 is 1.88 bits per heavy atom. The van der Waals surface area contributed by atoms with Crippen LogP contribution in [0.4, 0.5) is 19.4 Å². The van der Waals surface area contributed by atoms with Crippen molar-refractivity contribution in [2.75, 3.05) is 5.32 Å². The summed E-state index contributed by atoms with van der Waals surface area (Å²) in [7, 11) is 0. The molecule has 3 N–H and O–H groups in total. The number of nitrogens with one attached hydrogen (secondary N) is 2. The number of rotatable bonds is 5. The Labute approximate surface area is 185 Å². The van der Waals surface area contributed by atoms with Gasteiger partial charge in [0.1, 0.15) is 11.5 Å². The zero-order chi connectivity index (χ0) is 22.9. The molecule has 0 aliphatic rings. The third kappa shape index (κ3) is 4.13. The molecule has 33 heavy (non-hydrogen) atoms. The molecule has 0 unspecified atom stereocenters. The minimum atomic E-state index is -1.40. The molecule has 10 heteroatoms. The topological polar surface area (TPSA) is 109 Å². The van der Waals surface area contributed by atoms with Gasteiger partial charge in [0, 0.05) is 52.4 Å². The minimum Gasteiger partial charge on any atom is -0.465 e. The molecule has 5 rings (SSSR count). The van der Waals surface area contributed by atoms with E-state index >= 15 is 0 Å². The van der Waals surface area contributed by atoms with Gasteiger partial charge in [0.15, 0.2) is 11.6 Å². The Hall–Kier alpha value is -4.60. The van der Waals surface area contributed by atoms with Gasteiger partial charge in [-0.2, -0.15) is 5.10 Å². The Morgan fingerprint density at radius 1 is 1.06 bits per heavy atom. The molecule has 5 aromatic rings. The standard InChI is InChI=1S/C23H16F2N6O2/c24-17-3-1-2-13(4-17)11-31-12-16(9-29-31)19-10-28-21-18(19)5-14(7-26-21)15-6-20(25)22(27-8-15)30-23(32)33/h1-10,12H,11H2,(H,26,28)(H,27,30)(H,32,33). The molecule has 164 valence electrons. The van der Waals surface area contributed by atoms with E-state index in [1.54, 1.807) is 23.1 Å². The molecule has 0 spiro atoms. The van der Waals surface area contributed by atoms with Crippen molar-refractivity contribution in [2.24, 2.45) is 0 Å². The number of hydrogen-bond donors (Lipinski definition) is 3. The van der Waals surface area contributed by atoms with Crippen molar-refractivity contribution in [1.82, 2.24) is 24.7 Å². The molecular formula is C23H16F2N6O2. The number of amides is 1. The van der Waals surface area contributed by atoms with E-state index in [0.29, 0.717) is 23.3 Å². The number of carboxylic acid groups (broad SMARTS) is 1. The second-order valence-electron chi connectivity index (χ2n) is 7.36. The molecule has 0 fully saturated rings. The highest BCUT2D eigenvalue weighted by atomic mass is 19.1. The summed E-state index contributed by atoms with van der Waals surface area (Å²) in [6.07, 6.45) is 6.93. The number of H-pyrrole nitrogens is 1. The molecule has 4 heterocycles. The molecule has 0 saturated carbocycles. The number of aromatic amines is 1. The summed E-state index contributed by atoms with van der Waals surface area (Å²) >= 11 is 0. The highest BCUT2D eigenvalue weighted by Crippen LogP contribution is 2.31. The van der Waals surface area contributed by atoms with Crippen molar-refractivity contribution in [3.63, 3.8) is 0 Å². The van der Waals surface area contributed by atoms with Crippen molar-refractivity contribution >= 4 is 22.9 Å². The number of aromatic nitrogens is 5. The summed E-state index contributed by atoms with van der Waals surface area (Å²) in [5, 5.41) is 15.8. The molecule has 0 aliphatic carbocycles. The first kappa shape index (κ1) is 20.3. The quantitative estimate of drug-likeness (QED) is 0.356. The maximum atomic E-state index is 14.3. The van der Waals surface area contributed by atoms with Crippen LogP contribution in [0, 0.1) is 11.6 Å². The summed E-state index contributed by atoms with van der Waals surface area (Å²) in [6.45, 7) is 0.422. The average Bonchev–Trinajstić information content (AvgIpc) is 3.41. The fourth-order valence-electron chi connectivity index (χ4n) is 3.60. The smallest absolute Gasteiger partial charge is 0.410 e. The summed E-state index contributed by atoms with van der Waals surface area (Å²) in [5.41, 5.74) is 4.19. The largest absolute Gasteiger partial charge is 0.465 e. The lowest BCUT2D eigenvalue weighted by Crippen LogP contribution is -2.10. The van der Waals surface area contributed by atoms with Gasteiger partial charge in [0.25, 0.3) is 0 Å². The van der Waals surface area contributed by atoms with Gasteiger partial charge in [-0.1, -0.05) is 12.1 Å². The Morgan fingerprint density at radius 3 is 2.67 bits per heavy atom. The summed E-state index contributed by atoms with van der Waals surface area (Å²) < 4.78 is 29.4. The number of pyridine rings is 2. The minimum absolute atomic E-state index is 0.298. The van der Waals surface area contributed by atoms with Crippen LogP contribution in [0.3, 0.4) is 0 Å². The van der Waals surface area contributed by atoms with Crippen LogP contribution in [0.2, 0.25) is 0 Å². The van der Waals surface area contributed by atoms with Crippen LogP contribution in [0.5, 0.6) is 0 Å². The molecule has 0 atom stereocenters. The monoisotopic (exact) mass is 446 g/mol. The molecule has 0 bridgehead atoms. The maximum Gasteiger partial charge on any atom is 0.410 e. The van der Waals surface area contributed by atoms with Gasteiger partial charge in [-0.3, -0.25) is 10.00 Å². The lowest BCUT2D eigenvalue weighted by Gasteiger charge is -2.06. The highest BCUT2D eigenvalue weighted by molar-refractivity contribution is 5.95. The van der Waals surface area contributed by atoms with E-state index in [1.165, 1.54) is 24.4 Å². The third-order valence-corrected chi connectivity index (χ3v) is 5.11. The van der Waals surface area contributed by atoms with E-state index < -0.39 is 11.9 Å². The Bertz CT molecular complexity index is 1490. The molecule has 4 aromatic heterocycles. The lowest BCUT2D eigenvalue weighted by atomic mass is 10.1. The van der Waals surface area contributed by atoms with Gasteiger partial charge in [-0.05, 0) is 29.8 Å². The van der Waals surface area contributed by atoms with Crippen molar-refractivity contribution in [1.29, 1.82) is 0 Å². The SMILES string of the molecule is O=C(O)Nc1ncc(-c2cnc3[nH]cc(-c4cnn(Cc5cccc(F)c5)c4)c3c2)cc1F.